The number of ether oxygens (including phenoxy) is 2. The second kappa shape index (κ2) is 7.00. The van der Waals surface area contributed by atoms with Crippen molar-refractivity contribution in [3.63, 3.8) is 0 Å². The highest BCUT2D eigenvalue weighted by Gasteiger charge is 2.37. The van der Waals surface area contributed by atoms with Gasteiger partial charge in [0.2, 0.25) is 0 Å². The van der Waals surface area contributed by atoms with Gasteiger partial charge < -0.3 is 15.2 Å². The first-order valence-electron chi connectivity index (χ1n) is 5.77. The summed E-state index contributed by atoms with van der Waals surface area (Å²) in [5.74, 6) is -0.932. The lowest BCUT2D eigenvalue weighted by Gasteiger charge is -2.29. The first kappa shape index (κ1) is 19.5. The SMILES string of the molecule is COC(=O)C(C)(C)[C@@H](N)c1cccc(OC(F)(F)F)c1.Cl. The lowest BCUT2D eigenvalue weighted by Crippen LogP contribution is -2.37. The first-order chi connectivity index (χ1) is 9.08. The number of rotatable bonds is 4. The molecule has 0 bridgehead atoms. The molecule has 0 heterocycles. The van der Waals surface area contributed by atoms with Gasteiger partial charge in [-0.15, -0.1) is 25.6 Å². The molecule has 0 saturated heterocycles. The summed E-state index contributed by atoms with van der Waals surface area (Å²) in [5, 5.41) is 0. The van der Waals surface area contributed by atoms with Crippen molar-refractivity contribution < 1.29 is 27.4 Å². The zero-order valence-corrected chi connectivity index (χ0v) is 12.5. The van der Waals surface area contributed by atoms with E-state index in [2.05, 4.69) is 9.47 Å². The first-order valence-corrected chi connectivity index (χ1v) is 5.77. The van der Waals surface area contributed by atoms with Crippen molar-refractivity contribution in [2.24, 2.45) is 11.1 Å². The van der Waals surface area contributed by atoms with E-state index in [1.54, 1.807) is 13.8 Å². The number of benzene rings is 1. The summed E-state index contributed by atoms with van der Waals surface area (Å²) in [6.07, 6.45) is -4.78. The Morgan fingerprint density at radius 3 is 2.33 bits per heavy atom. The molecule has 8 heteroatoms. The highest BCUT2D eigenvalue weighted by atomic mass is 35.5. The fourth-order valence-electron chi connectivity index (χ4n) is 1.71. The van der Waals surface area contributed by atoms with Crippen LogP contribution in [-0.4, -0.2) is 19.4 Å². The second-order valence-electron chi connectivity index (χ2n) is 4.81. The monoisotopic (exact) mass is 327 g/mol. The summed E-state index contributed by atoms with van der Waals surface area (Å²) in [6.45, 7) is 3.11. The second-order valence-corrected chi connectivity index (χ2v) is 4.81. The minimum Gasteiger partial charge on any atom is -0.469 e. The molecule has 1 rings (SSSR count). The molecule has 120 valence electrons. The number of alkyl halides is 3. The molecule has 0 aliphatic rings. The van der Waals surface area contributed by atoms with Gasteiger partial charge in [0, 0.05) is 6.04 Å². The molecule has 2 N–H and O–H groups in total. The quantitative estimate of drug-likeness (QED) is 0.863. The number of carbonyl (C=O) groups excluding carboxylic acids is 1. The molecule has 0 saturated carbocycles. The van der Waals surface area contributed by atoms with Crippen LogP contribution in [0, 0.1) is 5.41 Å². The molecule has 1 aromatic carbocycles. The summed E-state index contributed by atoms with van der Waals surface area (Å²) >= 11 is 0. The molecule has 0 aliphatic carbocycles. The number of hydrogen-bond donors (Lipinski definition) is 1. The highest BCUT2D eigenvalue weighted by Crippen LogP contribution is 2.34. The minimum absolute atomic E-state index is 0. The summed E-state index contributed by atoms with van der Waals surface area (Å²) in [6, 6.07) is 4.40. The van der Waals surface area contributed by atoms with Crippen molar-refractivity contribution >= 4 is 18.4 Å². The van der Waals surface area contributed by atoms with E-state index in [1.165, 1.54) is 19.2 Å². The van der Waals surface area contributed by atoms with Crippen LogP contribution >= 0.6 is 12.4 Å². The zero-order valence-electron chi connectivity index (χ0n) is 11.7. The Balaban J connectivity index is 0.00000400. The van der Waals surface area contributed by atoms with E-state index >= 15 is 0 Å². The van der Waals surface area contributed by atoms with Gasteiger partial charge in [-0.2, -0.15) is 0 Å². The largest absolute Gasteiger partial charge is 0.573 e. The maximum absolute atomic E-state index is 12.2. The number of nitrogens with two attached hydrogens (primary N) is 1. The lowest BCUT2D eigenvalue weighted by atomic mass is 9.81. The number of halogens is 4. The van der Waals surface area contributed by atoms with Crippen LogP contribution in [0.3, 0.4) is 0 Å². The molecule has 0 aliphatic heterocycles. The van der Waals surface area contributed by atoms with Crippen molar-refractivity contribution in [3.8, 4) is 5.75 Å². The Hall–Kier alpha value is -1.47. The fraction of sp³-hybridized carbons (Fsp3) is 0.462. The fourth-order valence-corrected chi connectivity index (χ4v) is 1.71. The van der Waals surface area contributed by atoms with E-state index in [0.717, 1.165) is 12.1 Å². The summed E-state index contributed by atoms with van der Waals surface area (Å²) in [4.78, 5) is 11.6. The predicted octanol–water partition coefficient (Wildman–Crippen LogP) is 3.21. The van der Waals surface area contributed by atoms with Crippen molar-refractivity contribution in [1.29, 1.82) is 0 Å². The van der Waals surface area contributed by atoms with E-state index in [-0.39, 0.29) is 18.2 Å². The average Bonchev–Trinajstić information content (AvgIpc) is 2.35. The third-order valence-electron chi connectivity index (χ3n) is 2.94. The summed E-state index contributed by atoms with van der Waals surface area (Å²) in [5.41, 5.74) is 5.22. The topological polar surface area (TPSA) is 61.5 Å². The Morgan fingerprint density at radius 2 is 1.86 bits per heavy atom. The van der Waals surface area contributed by atoms with E-state index in [1.807, 2.05) is 0 Å². The third-order valence-corrected chi connectivity index (χ3v) is 2.94. The summed E-state index contributed by atoms with van der Waals surface area (Å²) in [7, 11) is 1.22. The maximum atomic E-state index is 12.2. The normalized spacial score (nSPS) is 13.1. The van der Waals surface area contributed by atoms with Gasteiger partial charge in [-0.05, 0) is 31.5 Å². The van der Waals surface area contributed by atoms with Crippen LogP contribution in [0.15, 0.2) is 24.3 Å². The molecule has 4 nitrogen and oxygen atoms in total. The Morgan fingerprint density at radius 1 is 1.29 bits per heavy atom. The van der Waals surface area contributed by atoms with Gasteiger partial charge in [-0.3, -0.25) is 4.79 Å². The average molecular weight is 328 g/mol. The van der Waals surface area contributed by atoms with Crippen LogP contribution < -0.4 is 10.5 Å². The standard InChI is InChI=1S/C13H16F3NO3.ClH/c1-12(2,11(18)19-3)10(17)8-5-4-6-9(7-8)20-13(14,15)16;/h4-7,10H,17H2,1-3H3;1H/t10-;/m0./s1. The van der Waals surface area contributed by atoms with E-state index in [0.29, 0.717) is 5.56 Å². The van der Waals surface area contributed by atoms with Gasteiger partial charge >= 0.3 is 12.3 Å². The Kier molecular flexibility index (Phi) is 6.51. The van der Waals surface area contributed by atoms with Crippen LogP contribution in [0.4, 0.5) is 13.2 Å². The molecule has 0 radical (unpaired) electrons. The number of hydrogen-bond acceptors (Lipinski definition) is 4. The third kappa shape index (κ3) is 5.09. The number of carbonyl (C=O) groups is 1. The number of esters is 1. The van der Waals surface area contributed by atoms with Gasteiger partial charge in [0.1, 0.15) is 5.75 Å². The zero-order chi connectivity index (χ0) is 15.6. The molecule has 0 unspecified atom stereocenters. The molecule has 1 atom stereocenters. The Labute approximate surface area is 126 Å². The van der Waals surface area contributed by atoms with Crippen LogP contribution in [0.1, 0.15) is 25.5 Å². The van der Waals surface area contributed by atoms with E-state index < -0.39 is 23.8 Å². The van der Waals surface area contributed by atoms with Crippen LogP contribution in [0.2, 0.25) is 0 Å². The predicted molar refractivity (Wildman–Crippen MR) is 73.1 cm³/mol. The smallest absolute Gasteiger partial charge is 0.469 e. The van der Waals surface area contributed by atoms with Gasteiger partial charge in [-0.1, -0.05) is 12.1 Å². The Bertz CT molecular complexity index is 492. The van der Waals surface area contributed by atoms with Gasteiger partial charge in [0.25, 0.3) is 0 Å². The molecule has 0 fully saturated rings. The van der Waals surface area contributed by atoms with Crippen LogP contribution in [0.5, 0.6) is 5.75 Å². The molecule has 0 aromatic heterocycles. The number of methoxy groups -OCH3 is 1. The van der Waals surface area contributed by atoms with Crippen molar-refractivity contribution in [2.45, 2.75) is 26.3 Å². The van der Waals surface area contributed by atoms with E-state index in [9.17, 15) is 18.0 Å². The lowest BCUT2D eigenvalue weighted by molar-refractivity contribution is -0.274. The van der Waals surface area contributed by atoms with Crippen LogP contribution in [0.25, 0.3) is 0 Å². The van der Waals surface area contributed by atoms with Gasteiger partial charge in [0.05, 0.1) is 12.5 Å². The molecule has 21 heavy (non-hydrogen) atoms. The van der Waals surface area contributed by atoms with Crippen molar-refractivity contribution in [3.05, 3.63) is 29.8 Å². The van der Waals surface area contributed by atoms with Gasteiger partial charge in [-0.25, -0.2) is 0 Å². The van der Waals surface area contributed by atoms with Gasteiger partial charge in [0.15, 0.2) is 0 Å². The molecular formula is C13H17ClF3NO3. The van der Waals surface area contributed by atoms with Crippen LogP contribution in [-0.2, 0) is 9.53 Å². The molecule has 0 spiro atoms. The highest BCUT2D eigenvalue weighted by molar-refractivity contribution is 5.85. The minimum atomic E-state index is -4.78. The van der Waals surface area contributed by atoms with Crippen molar-refractivity contribution in [2.75, 3.05) is 7.11 Å². The maximum Gasteiger partial charge on any atom is 0.573 e. The molecular weight excluding hydrogens is 311 g/mol. The molecule has 0 amide bonds. The van der Waals surface area contributed by atoms with E-state index in [4.69, 9.17) is 5.73 Å². The van der Waals surface area contributed by atoms with Crippen molar-refractivity contribution in [1.82, 2.24) is 0 Å². The summed E-state index contributed by atoms with van der Waals surface area (Å²) < 4.78 is 44.9. The molecule has 1 aromatic rings.